The van der Waals surface area contributed by atoms with Crippen LogP contribution in [0.2, 0.25) is 0 Å². The fourth-order valence-electron chi connectivity index (χ4n) is 1.56. The Morgan fingerprint density at radius 3 is 2.06 bits per heavy atom. The van der Waals surface area contributed by atoms with Crippen molar-refractivity contribution in [2.24, 2.45) is 5.92 Å². The van der Waals surface area contributed by atoms with E-state index in [1.54, 1.807) is 6.26 Å². The van der Waals surface area contributed by atoms with Gasteiger partial charge in [-0.25, -0.2) is 0 Å². The van der Waals surface area contributed by atoms with E-state index in [0.29, 0.717) is 0 Å². The number of rotatable bonds is 5. The Hall–Kier alpha value is -0.630. The van der Waals surface area contributed by atoms with Gasteiger partial charge in [0, 0.05) is 22.0 Å². The van der Waals surface area contributed by atoms with Gasteiger partial charge in [-0.2, -0.15) is 0 Å². The summed E-state index contributed by atoms with van der Waals surface area (Å²) in [6, 6.07) is 8.13. The van der Waals surface area contributed by atoms with E-state index < -0.39 is 10.8 Å². The summed E-state index contributed by atoms with van der Waals surface area (Å²) in [5.41, 5.74) is 1.35. The van der Waals surface area contributed by atoms with Gasteiger partial charge in [-0.1, -0.05) is 46.2 Å². The lowest BCUT2D eigenvalue weighted by molar-refractivity contribution is 0.556. The summed E-state index contributed by atoms with van der Waals surface area (Å²) in [5.74, 6) is 0.785. The lowest BCUT2D eigenvalue weighted by Crippen LogP contribution is -1.92. The third-order valence-electron chi connectivity index (χ3n) is 2.50. The SMILES string of the molecule is CC.CC(C)CCCc1ccc(S(C)=O)cc1. The van der Waals surface area contributed by atoms with Gasteiger partial charge in [-0.05, 0) is 36.5 Å². The summed E-state index contributed by atoms with van der Waals surface area (Å²) in [4.78, 5) is 0.919. The van der Waals surface area contributed by atoms with Crippen molar-refractivity contribution in [3.63, 3.8) is 0 Å². The first-order valence-electron chi connectivity index (χ1n) is 6.52. The monoisotopic (exact) mass is 254 g/mol. The minimum atomic E-state index is -0.850. The van der Waals surface area contributed by atoms with E-state index in [9.17, 15) is 4.21 Å². The predicted molar refractivity (Wildman–Crippen MR) is 77.9 cm³/mol. The van der Waals surface area contributed by atoms with Gasteiger partial charge in [-0.3, -0.25) is 4.21 Å². The van der Waals surface area contributed by atoms with Gasteiger partial charge in [0.05, 0.1) is 0 Å². The van der Waals surface area contributed by atoms with Crippen LogP contribution in [0.25, 0.3) is 0 Å². The molecular formula is C15H26OS. The molecule has 0 heterocycles. The van der Waals surface area contributed by atoms with Crippen LogP contribution in [0.1, 0.15) is 46.1 Å². The van der Waals surface area contributed by atoms with Crippen molar-refractivity contribution in [2.75, 3.05) is 6.26 Å². The molecule has 0 aliphatic heterocycles. The topological polar surface area (TPSA) is 17.1 Å². The first-order valence-corrected chi connectivity index (χ1v) is 8.07. The fraction of sp³-hybridized carbons (Fsp3) is 0.600. The van der Waals surface area contributed by atoms with Gasteiger partial charge >= 0.3 is 0 Å². The van der Waals surface area contributed by atoms with E-state index in [4.69, 9.17) is 0 Å². The zero-order valence-electron chi connectivity index (χ0n) is 11.8. The molecule has 0 saturated heterocycles. The highest BCUT2D eigenvalue weighted by molar-refractivity contribution is 7.84. The number of aryl methyl sites for hydroxylation is 1. The zero-order valence-corrected chi connectivity index (χ0v) is 12.6. The molecule has 0 bridgehead atoms. The molecule has 1 nitrogen and oxygen atoms in total. The van der Waals surface area contributed by atoms with Crippen molar-refractivity contribution >= 4 is 10.8 Å². The fourth-order valence-corrected chi connectivity index (χ4v) is 2.08. The van der Waals surface area contributed by atoms with Crippen molar-refractivity contribution in [1.82, 2.24) is 0 Å². The van der Waals surface area contributed by atoms with Crippen molar-refractivity contribution in [2.45, 2.75) is 51.9 Å². The summed E-state index contributed by atoms with van der Waals surface area (Å²) in [7, 11) is -0.850. The van der Waals surface area contributed by atoms with Gasteiger partial charge in [0.1, 0.15) is 0 Å². The molecule has 0 aliphatic rings. The highest BCUT2D eigenvalue weighted by Gasteiger charge is 1.99. The molecular weight excluding hydrogens is 228 g/mol. The molecule has 0 saturated carbocycles. The highest BCUT2D eigenvalue weighted by atomic mass is 32.2. The molecule has 98 valence electrons. The van der Waals surface area contributed by atoms with E-state index in [2.05, 4.69) is 26.0 Å². The summed E-state index contributed by atoms with van der Waals surface area (Å²) in [6.45, 7) is 8.51. The molecule has 0 radical (unpaired) electrons. The Kier molecular flexibility index (Phi) is 9.06. The molecule has 1 rings (SSSR count). The predicted octanol–water partition coefficient (Wildman–Crippen LogP) is 4.43. The molecule has 17 heavy (non-hydrogen) atoms. The minimum Gasteiger partial charge on any atom is -0.255 e. The van der Waals surface area contributed by atoms with Gasteiger partial charge in [0.15, 0.2) is 0 Å². The summed E-state index contributed by atoms with van der Waals surface area (Å²) in [6.07, 6.45) is 5.37. The average Bonchev–Trinajstić information content (AvgIpc) is 2.32. The molecule has 2 heteroatoms. The molecule has 0 N–H and O–H groups in total. The van der Waals surface area contributed by atoms with Crippen molar-refractivity contribution in [3.8, 4) is 0 Å². The van der Waals surface area contributed by atoms with Crippen LogP contribution in [-0.2, 0) is 17.2 Å². The molecule has 0 aromatic heterocycles. The van der Waals surface area contributed by atoms with Crippen molar-refractivity contribution < 1.29 is 4.21 Å². The first kappa shape index (κ1) is 16.4. The maximum absolute atomic E-state index is 11.2. The average molecular weight is 254 g/mol. The molecule has 1 unspecified atom stereocenters. The molecule has 0 fully saturated rings. The van der Waals surface area contributed by atoms with E-state index in [-0.39, 0.29) is 0 Å². The number of hydrogen-bond acceptors (Lipinski definition) is 1. The van der Waals surface area contributed by atoms with Gasteiger partial charge in [-0.15, -0.1) is 0 Å². The molecule has 1 atom stereocenters. The zero-order chi connectivity index (χ0) is 13.3. The standard InChI is InChI=1S/C13H20OS.C2H6/c1-11(2)5-4-6-12-7-9-13(10-8-12)15(3)14;1-2/h7-11H,4-6H2,1-3H3;1-2H3. The van der Waals surface area contributed by atoms with Crippen molar-refractivity contribution in [1.29, 1.82) is 0 Å². The Labute approximate surface area is 109 Å². The van der Waals surface area contributed by atoms with E-state index >= 15 is 0 Å². The van der Waals surface area contributed by atoms with Crippen LogP contribution < -0.4 is 0 Å². The number of hydrogen-bond donors (Lipinski definition) is 0. The van der Waals surface area contributed by atoms with Gasteiger partial charge in [0.25, 0.3) is 0 Å². The minimum absolute atomic E-state index is 0.785. The Morgan fingerprint density at radius 1 is 1.12 bits per heavy atom. The lowest BCUT2D eigenvalue weighted by atomic mass is 10.0. The summed E-state index contributed by atoms with van der Waals surface area (Å²) in [5, 5.41) is 0. The highest BCUT2D eigenvalue weighted by Crippen LogP contribution is 2.12. The largest absolute Gasteiger partial charge is 0.255 e. The first-order chi connectivity index (χ1) is 8.09. The van der Waals surface area contributed by atoms with Crippen LogP contribution in [-0.4, -0.2) is 10.5 Å². The Balaban J connectivity index is 0.00000121. The maximum atomic E-state index is 11.2. The summed E-state index contributed by atoms with van der Waals surface area (Å²) < 4.78 is 11.2. The van der Waals surface area contributed by atoms with E-state index in [0.717, 1.165) is 17.2 Å². The molecule has 0 amide bonds. The van der Waals surface area contributed by atoms with Crippen LogP contribution in [0.5, 0.6) is 0 Å². The second-order valence-corrected chi connectivity index (χ2v) is 5.76. The molecule has 0 aliphatic carbocycles. The normalized spacial score (nSPS) is 11.9. The third kappa shape index (κ3) is 7.32. The van der Waals surface area contributed by atoms with Crippen LogP contribution >= 0.6 is 0 Å². The lowest BCUT2D eigenvalue weighted by Gasteiger charge is -2.05. The van der Waals surface area contributed by atoms with Crippen LogP contribution in [0, 0.1) is 5.92 Å². The van der Waals surface area contributed by atoms with Crippen LogP contribution in [0.3, 0.4) is 0 Å². The van der Waals surface area contributed by atoms with Crippen LogP contribution in [0.4, 0.5) is 0 Å². The van der Waals surface area contributed by atoms with Crippen molar-refractivity contribution in [3.05, 3.63) is 29.8 Å². The second-order valence-electron chi connectivity index (χ2n) is 4.38. The smallest absolute Gasteiger partial charge is 0.0498 e. The number of benzene rings is 1. The third-order valence-corrected chi connectivity index (χ3v) is 3.44. The Morgan fingerprint density at radius 2 is 1.65 bits per heavy atom. The Bertz CT molecular complexity index is 314. The maximum Gasteiger partial charge on any atom is 0.0498 e. The second kappa shape index (κ2) is 9.41. The van der Waals surface area contributed by atoms with E-state index in [1.807, 2.05) is 26.0 Å². The van der Waals surface area contributed by atoms with E-state index in [1.165, 1.54) is 18.4 Å². The summed E-state index contributed by atoms with van der Waals surface area (Å²) >= 11 is 0. The van der Waals surface area contributed by atoms with Gasteiger partial charge < -0.3 is 0 Å². The van der Waals surface area contributed by atoms with Crippen LogP contribution in [0.15, 0.2) is 29.2 Å². The quantitative estimate of drug-likeness (QED) is 0.759. The molecule has 1 aromatic rings. The van der Waals surface area contributed by atoms with Gasteiger partial charge in [0.2, 0.25) is 0 Å². The molecule has 0 spiro atoms. The molecule has 1 aromatic carbocycles.